The summed E-state index contributed by atoms with van der Waals surface area (Å²) in [5, 5.41) is 15.6. The Morgan fingerprint density at radius 3 is 2.09 bits per heavy atom. The van der Waals surface area contributed by atoms with Crippen molar-refractivity contribution < 1.29 is 27.5 Å². The quantitative estimate of drug-likeness (QED) is 0.200. The molecule has 2 N–H and O–H groups in total. The number of amides is 2. The third-order valence-electron chi connectivity index (χ3n) is 6.81. The molecule has 0 atom stereocenters. The number of halogens is 3. The summed E-state index contributed by atoms with van der Waals surface area (Å²) in [6.45, 7) is 0.492. The molecular formula is C32H27F3N6O3. The number of carbonyl (C=O) groups is 2. The number of aromatic amines is 1. The van der Waals surface area contributed by atoms with E-state index in [0.717, 1.165) is 16.7 Å². The van der Waals surface area contributed by atoms with Crippen LogP contribution in [0.1, 0.15) is 38.5 Å². The van der Waals surface area contributed by atoms with E-state index in [9.17, 15) is 22.8 Å². The number of H-pyrrole nitrogens is 1. The molecule has 0 radical (unpaired) electrons. The Balaban J connectivity index is 1.41. The van der Waals surface area contributed by atoms with Gasteiger partial charge in [-0.05, 0) is 51.7 Å². The number of alkyl halides is 3. The van der Waals surface area contributed by atoms with Gasteiger partial charge in [-0.1, -0.05) is 90.0 Å². The van der Waals surface area contributed by atoms with E-state index in [1.807, 2.05) is 60.7 Å². The SMILES string of the molecule is O=C(Nc1nn[nH]n1)c1ccc(CN(CC(c2ccccc2)c2ccccc2)C(=O)Cc2cccc(OC(F)(F)F)c2)cc1. The highest BCUT2D eigenvalue weighted by molar-refractivity contribution is 6.03. The van der Waals surface area contributed by atoms with Crippen molar-refractivity contribution in [2.24, 2.45) is 0 Å². The van der Waals surface area contributed by atoms with Crippen molar-refractivity contribution in [1.82, 2.24) is 25.5 Å². The van der Waals surface area contributed by atoms with Crippen molar-refractivity contribution in [2.75, 3.05) is 11.9 Å². The van der Waals surface area contributed by atoms with Gasteiger partial charge in [-0.25, -0.2) is 0 Å². The maximum absolute atomic E-state index is 13.8. The van der Waals surface area contributed by atoms with Crippen LogP contribution in [-0.4, -0.2) is 50.2 Å². The molecule has 0 fully saturated rings. The molecule has 44 heavy (non-hydrogen) atoms. The molecule has 2 amide bonds. The molecule has 1 heterocycles. The lowest BCUT2D eigenvalue weighted by molar-refractivity contribution is -0.274. The molecule has 0 saturated heterocycles. The van der Waals surface area contributed by atoms with E-state index in [1.54, 1.807) is 35.2 Å². The maximum Gasteiger partial charge on any atom is 0.573 e. The zero-order valence-electron chi connectivity index (χ0n) is 23.2. The van der Waals surface area contributed by atoms with Gasteiger partial charge in [0.25, 0.3) is 11.9 Å². The average molecular weight is 601 g/mol. The molecule has 0 unspecified atom stereocenters. The standard InChI is InChI=1S/C32H27F3N6O3/c33-32(34,35)44-27-13-7-8-23(18-27)19-29(42)41(21-28(24-9-3-1-4-10-24)25-11-5-2-6-12-25)20-22-14-16-26(17-15-22)30(43)36-31-37-39-40-38-31/h1-18,28H,19-21H2,(H2,36,37,38,39,40,43). The summed E-state index contributed by atoms with van der Waals surface area (Å²) in [6.07, 6.45) is -4.99. The molecule has 0 spiro atoms. The fourth-order valence-corrected chi connectivity index (χ4v) is 4.76. The average Bonchev–Trinajstić information content (AvgIpc) is 3.53. The molecule has 12 heteroatoms. The van der Waals surface area contributed by atoms with Gasteiger partial charge in [-0.3, -0.25) is 14.9 Å². The lowest BCUT2D eigenvalue weighted by Gasteiger charge is -2.29. The molecule has 0 aliphatic rings. The third-order valence-corrected chi connectivity index (χ3v) is 6.81. The minimum absolute atomic E-state index is 0.0356. The number of ether oxygens (including phenoxy) is 1. The zero-order valence-corrected chi connectivity index (χ0v) is 23.2. The molecule has 0 aliphatic carbocycles. The van der Waals surface area contributed by atoms with Crippen LogP contribution in [0.4, 0.5) is 19.1 Å². The van der Waals surface area contributed by atoms with Gasteiger partial charge in [0, 0.05) is 24.6 Å². The summed E-state index contributed by atoms with van der Waals surface area (Å²) in [4.78, 5) is 28.1. The smallest absolute Gasteiger partial charge is 0.406 e. The Hall–Kier alpha value is -5.52. The lowest BCUT2D eigenvalue weighted by atomic mass is 9.90. The molecule has 1 aromatic heterocycles. The third kappa shape index (κ3) is 8.28. The Morgan fingerprint density at radius 1 is 0.841 bits per heavy atom. The monoisotopic (exact) mass is 600 g/mol. The highest BCUT2D eigenvalue weighted by atomic mass is 19.4. The predicted octanol–water partition coefficient (Wildman–Crippen LogP) is 5.75. The number of hydrogen-bond acceptors (Lipinski definition) is 6. The molecular weight excluding hydrogens is 573 g/mol. The minimum Gasteiger partial charge on any atom is -0.406 e. The van der Waals surface area contributed by atoms with Crippen molar-refractivity contribution in [1.29, 1.82) is 0 Å². The predicted molar refractivity (Wildman–Crippen MR) is 156 cm³/mol. The van der Waals surface area contributed by atoms with Crippen LogP contribution in [0.5, 0.6) is 5.75 Å². The number of anilines is 1. The molecule has 224 valence electrons. The fourth-order valence-electron chi connectivity index (χ4n) is 4.76. The van der Waals surface area contributed by atoms with Crippen LogP contribution >= 0.6 is 0 Å². The van der Waals surface area contributed by atoms with Crippen LogP contribution in [0.3, 0.4) is 0 Å². The Labute approximate surface area is 250 Å². The summed E-state index contributed by atoms with van der Waals surface area (Å²) in [5.74, 6) is -1.25. The highest BCUT2D eigenvalue weighted by Gasteiger charge is 2.31. The molecule has 5 rings (SSSR count). The van der Waals surface area contributed by atoms with E-state index in [2.05, 4.69) is 30.7 Å². The van der Waals surface area contributed by atoms with Gasteiger partial charge in [0.1, 0.15) is 5.75 Å². The Bertz CT molecular complexity index is 1630. The number of nitrogens with zero attached hydrogens (tertiary/aromatic N) is 4. The fraction of sp³-hybridized carbons (Fsp3) is 0.156. The normalized spacial score (nSPS) is 11.3. The summed E-state index contributed by atoms with van der Waals surface area (Å²) in [6, 6.07) is 31.7. The van der Waals surface area contributed by atoms with Crippen LogP contribution in [0, 0.1) is 0 Å². The van der Waals surface area contributed by atoms with Crippen LogP contribution in [0.15, 0.2) is 109 Å². The van der Waals surface area contributed by atoms with E-state index in [-0.39, 0.29) is 30.7 Å². The van der Waals surface area contributed by atoms with E-state index in [4.69, 9.17) is 0 Å². The number of tetrazole rings is 1. The molecule has 0 bridgehead atoms. The van der Waals surface area contributed by atoms with Crippen LogP contribution in [0.2, 0.25) is 0 Å². The van der Waals surface area contributed by atoms with Gasteiger partial charge in [0.05, 0.1) is 6.42 Å². The van der Waals surface area contributed by atoms with Gasteiger partial charge >= 0.3 is 6.36 Å². The number of rotatable bonds is 11. The van der Waals surface area contributed by atoms with Crippen molar-refractivity contribution in [2.45, 2.75) is 25.2 Å². The van der Waals surface area contributed by atoms with Crippen molar-refractivity contribution in [3.8, 4) is 5.75 Å². The van der Waals surface area contributed by atoms with Crippen molar-refractivity contribution >= 4 is 17.8 Å². The first-order valence-electron chi connectivity index (χ1n) is 13.6. The van der Waals surface area contributed by atoms with E-state index < -0.39 is 18.0 Å². The topological polar surface area (TPSA) is 113 Å². The molecule has 0 saturated carbocycles. The van der Waals surface area contributed by atoms with Gasteiger partial charge in [-0.15, -0.1) is 18.3 Å². The summed E-state index contributed by atoms with van der Waals surface area (Å²) >= 11 is 0. The first-order chi connectivity index (χ1) is 21.2. The van der Waals surface area contributed by atoms with E-state index >= 15 is 0 Å². The van der Waals surface area contributed by atoms with Crippen molar-refractivity contribution in [3.63, 3.8) is 0 Å². The van der Waals surface area contributed by atoms with E-state index in [0.29, 0.717) is 17.7 Å². The van der Waals surface area contributed by atoms with Gasteiger partial charge in [0.2, 0.25) is 5.91 Å². The number of carbonyl (C=O) groups excluding carboxylic acids is 2. The summed E-state index contributed by atoms with van der Waals surface area (Å²) < 4.78 is 42.5. The zero-order chi connectivity index (χ0) is 30.9. The first-order valence-corrected chi connectivity index (χ1v) is 13.6. The second kappa shape index (κ2) is 13.6. The largest absolute Gasteiger partial charge is 0.573 e. The second-order valence-electron chi connectivity index (χ2n) is 9.91. The molecule has 0 aliphatic heterocycles. The Kier molecular flexibility index (Phi) is 9.28. The molecule has 4 aromatic carbocycles. The number of aromatic nitrogens is 4. The van der Waals surface area contributed by atoms with Crippen LogP contribution < -0.4 is 10.1 Å². The number of benzene rings is 4. The van der Waals surface area contributed by atoms with Crippen molar-refractivity contribution in [3.05, 3.63) is 137 Å². The lowest BCUT2D eigenvalue weighted by Crippen LogP contribution is -2.35. The first kappa shape index (κ1) is 30.0. The molecule has 5 aromatic rings. The van der Waals surface area contributed by atoms with Crippen LogP contribution in [0.25, 0.3) is 0 Å². The highest BCUT2D eigenvalue weighted by Crippen LogP contribution is 2.28. The van der Waals surface area contributed by atoms with Crippen LogP contribution in [-0.2, 0) is 17.8 Å². The minimum atomic E-state index is -4.85. The summed E-state index contributed by atoms with van der Waals surface area (Å²) in [7, 11) is 0. The second-order valence-corrected chi connectivity index (χ2v) is 9.91. The summed E-state index contributed by atoms with van der Waals surface area (Å²) in [5.41, 5.74) is 3.50. The van der Waals surface area contributed by atoms with Gasteiger partial charge < -0.3 is 9.64 Å². The van der Waals surface area contributed by atoms with Gasteiger partial charge in [0.15, 0.2) is 0 Å². The Morgan fingerprint density at radius 2 is 1.50 bits per heavy atom. The van der Waals surface area contributed by atoms with E-state index in [1.165, 1.54) is 18.2 Å². The number of nitrogens with one attached hydrogen (secondary N) is 2. The van der Waals surface area contributed by atoms with Gasteiger partial charge in [-0.2, -0.15) is 5.21 Å². The maximum atomic E-state index is 13.8. The molecule has 9 nitrogen and oxygen atoms in total. The number of hydrogen-bond donors (Lipinski definition) is 2.